The summed E-state index contributed by atoms with van der Waals surface area (Å²) in [5.74, 6) is -30.2. The second-order valence-corrected chi connectivity index (χ2v) is 14.0. The fourth-order valence-corrected chi connectivity index (χ4v) is 6.38. The summed E-state index contributed by atoms with van der Waals surface area (Å²) in [6, 6.07) is 3.02. The number of hydrogen-bond donors (Lipinski definition) is 16. The number of phenols is 14. The molecule has 1 aliphatic rings. The molecule has 0 aliphatic carbocycles. The molecule has 0 saturated heterocycles. The van der Waals surface area contributed by atoms with Crippen molar-refractivity contribution >= 4 is 36.1 Å². The van der Waals surface area contributed by atoms with Crippen LogP contribution in [0.4, 0.5) is 0 Å². The van der Waals surface area contributed by atoms with Crippen molar-refractivity contribution in [1.29, 1.82) is 0 Å². The lowest BCUT2D eigenvalue weighted by Crippen LogP contribution is -2.52. The smallest absolute Gasteiger partial charge is 0.343 e. The molecule has 6 rings (SSSR count). The summed E-state index contributed by atoms with van der Waals surface area (Å²) in [5.41, 5.74) is -7.45. The molecule has 0 amide bonds. The molecule has 356 valence electrons. The minimum absolute atomic E-state index is 0.283. The number of carbonyl (C=O) groups is 6. The lowest BCUT2D eigenvalue weighted by atomic mass is 9.92. The van der Waals surface area contributed by atoms with Crippen molar-refractivity contribution < 1.29 is 134 Å². The van der Waals surface area contributed by atoms with Gasteiger partial charge < -0.3 is 105 Å². The number of aromatic carboxylic acids is 1. The number of aromatic hydroxyl groups is 14. The van der Waals surface area contributed by atoms with Gasteiger partial charge in [-0.3, -0.25) is 4.79 Å². The van der Waals surface area contributed by atoms with Crippen molar-refractivity contribution in [2.24, 2.45) is 0 Å². The normalized spacial score (nSPS) is 15.5. The van der Waals surface area contributed by atoms with Crippen molar-refractivity contribution in [3.63, 3.8) is 0 Å². The summed E-state index contributed by atoms with van der Waals surface area (Å²) in [6.07, 6.45) is -11.4. The van der Waals surface area contributed by atoms with E-state index in [0.717, 1.165) is 0 Å². The van der Waals surface area contributed by atoms with Crippen molar-refractivity contribution in [2.45, 2.75) is 24.4 Å². The zero-order valence-electron chi connectivity index (χ0n) is 33.3. The fourth-order valence-electron chi connectivity index (χ4n) is 6.38. The average molecular weight is 955 g/mol. The van der Waals surface area contributed by atoms with E-state index in [0.29, 0.717) is 36.4 Å². The highest BCUT2D eigenvalue weighted by molar-refractivity contribution is 6.08. The number of esters is 4. The number of carboxylic acid groups (broad SMARTS) is 1. The summed E-state index contributed by atoms with van der Waals surface area (Å²) >= 11 is 0. The highest BCUT2D eigenvalue weighted by Gasteiger charge is 2.45. The zero-order valence-corrected chi connectivity index (χ0v) is 33.3. The quantitative estimate of drug-likeness (QED) is 0.0407. The predicted molar refractivity (Wildman–Crippen MR) is 212 cm³/mol. The van der Waals surface area contributed by atoms with Gasteiger partial charge in [-0.1, -0.05) is 0 Å². The second-order valence-electron chi connectivity index (χ2n) is 14.0. The predicted octanol–water partition coefficient (Wildman–Crippen LogP) is 1.43. The summed E-state index contributed by atoms with van der Waals surface area (Å²) in [5, 5.41) is 166. The van der Waals surface area contributed by atoms with Crippen molar-refractivity contribution in [1.82, 2.24) is 0 Å². The van der Waals surface area contributed by atoms with Gasteiger partial charge in [-0.2, -0.15) is 0 Å². The average Bonchev–Trinajstić information content (AvgIpc) is 3.30. The Bertz CT molecular complexity index is 2950. The molecule has 0 unspecified atom stereocenters. The zero-order chi connectivity index (χ0) is 50.4. The van der Waals surface area contributed by atoms with Gasteiger partial charge in [-0.05, 0) is 36.4 Å². The third kappa shape index (κ3) is 8.55. The first kappa shape index (κ1) is 47.6. The van der Waals surface area contributed by atoms with Gasteiger partial charge >= 0.3 is 29.8 Å². The van der Waals surface area contributed by atoms with Gasteiger partial charge in [-0.15, -0.1) is 0 Å². The molecule has 5 aromatic rings. The Balaban J connectivity index is 1.52. The van der Waals surface area contributed by atoms with Crippen LogP contribution in [0.15, 0.2) is 42.5 Å². The maximum Gasteiger partial charge on any atom is 0.343 e. The molecule has 4 atom stereocenters. The van der Waals surface area contributed by atoms with E-state index in [9.17, 15) is 110 Å². The van der Waals surface area contributed by atoms with Crippen LogP contribution in [0, 0.1) is 0 Å². The number of rotatable bonds is 10. The van der Waals surface area contributed by atoms with Gasteiger partial charge in [0.1, 0.15) is 18.3 Å². The molecule has 27 heteroatoms. The number of cyclic esters (lactones) is 2. The molecule has 0 aromatic heterocycles. The van der Waals surface area contributed by atoms with Crippen LogP contribution >= 0.6 is 0 Å². The lowest BCUT2D eigenvalue weighted by Gasteiger charge is -2.32. The number of phenolic OH excluding ortho intramolecular Hbond substituents is 14. The number of fused-ring (bicyclic) bond motifs is 3. The Morgan fingerprint density at radius 2 is 1.06 bits per heavy atom. The van der Waals surface area contributed by atoms with E-state index in [1.165, 1.54) is 0 Å². The Hall–Kier alpha value is -9.92. The molecule has 16 N–H and O–H groups in total. The minimum Gasteiger partial charge on any atom is -0.504 e. The highest BCUT2D eigenvalue weighted by Crippen LogP contribution is 2.53. The van der Waals surface area contributed by atoms with E-state index in [1.54, 1.807) is 0 Å². The van der Waals surface area contributed by atoms with Crippen LogP contribution in [0.3, 0.4) is 0 Å². The number of aldehydes is 1. The van der Waals surface area contributed by atoms with Gasteiger partial charge in [-0.25, -0.2) is 24.0 Å². The Kier molecular flexibility index (Phi) is 12.5. The second kappa shape index (κ2) is 17.9. The van der Waals surface area contributed by atoms with Crippen LogP contribution in [0.25, 0.3) is 11.1 Å². The molecule has 0 radical (unpaired) electrons. The van der Waals surface area contributed by atoms with Crippen molar-refractivity contribution in [3.8, 4) is 103 Å². The van der Waals surface area contributed by atoms with Gasteiger partial charge in [0.15, 0.2) is 87.8 Å². The molecule has 68 heavy (non-hydrogen) atoms. The first-order chi connectivity index (χ1) is 31.9. The van der Waals surface area contributed by atoms with Gasteiger partial charge in [0, 0.05) is 17.2 Å². The van der Waals surface area contributed by atoms with Crippen LogP contribution < -0.4 is 4.74 Å². The first-order valence-corrected chi connectivity index (χ1v) is 18.4. The summed E-state index contributed by atoms with van der Waals surface area (Å²) in [7, 11) is 0. The number of carbonyl (C=O) groups excluding carboxylic acids is 5. The van der Waals surface area contributed by atoms with Crippen LogP contribution in [0.5, 0.6) is 92.0 Å². The molecule has 0 saturated carbocycles. The third-order valence-electron chi connectivity index (χ3n) is 9.72. The van der Waals surface area contributed by atoms with Crippen LogP contribution in [0.2, 0.25) is 0 Å². The molecule has 5 aromatic carbocycles. The first-order valence-electron chi connectivity index (χ1n) is 18.4. The van der Waals surface area contributed by atoms with Crippen molar-refractivity contribution in [3.05, 3.63) is 70.3 Å². The maximum absolute atomic E-state index is 14.2. The van der Waals surface area contributed by atoms with E-state index in [4.69, 9.17) is 23.7 Å². The van der Waals surface area contributed by atoms with Crippen molar-refractivity contribution in [2.75, 3.05) is 6.61 Å². The minimum atomic E-state index is -2.83. The number of hydrogen-bond acceptors (Lipinski definition) is 26. The SMILES string of the molecule is O=C[C@@H](OC(=O)c1cc(O)c(O)c(O)c1Oc1cc(C(=O)O)cc(O)c1O)[C@@H](OC(=O)c1cc(O)c(O)c(O)c1)[C@@H]1OC(=O)c2cc(O)c(O)c(O)c2-c2c(cc(O)c(O)c2O)C(=O)OC[C@@H]1O. The maximum atomic E-state index is 14.2. The topological polar surface area (TPSA) is 472 Å². The molecular formula is C41H30O27. The standard InChI is InChI=1S/C41H30O27/c42-8-23(66-41(63)14-7-20(48)30(54)33(57)34(14)65-22-4-10(37(58)59)1-17(45)27(22)51)36(68-38(60)11-2-15(43)26(50)16(44)3-11)35-21(49)9-64-39(61)12-5-18(46)28(52)31(55)24(12)25-13(40(62)67-35)6-19(47)29(53)32(25)56/h1-8,21,23,35-36,43-57H,9H2,(H,58,59)/t21-,23+,35+,36+/m0/s1. The summed E-state index contributed by atoms with van der Waals surface area (Å²) in [4.78, 5) is 80.0. The van der Waals surface area contributed by atoms with E-state index in [2.05, 4.69) is 0 Å². The molecular weight excluding hydrogens is 924 g/mol. The molecule has 0 fully saturated rings. The van der Waals surface area contributed by atoms with E-state index in [-0.39, 0.29) is 6.07 Å². The number of benzene rings is 5. The van der Waals surface area contributed by atoms with Gasteiger partial charge in [0.2, 0.25) is 28.7 Å². The van der Waals surface area contributed by atoms with E-state index >= 15 is 0 Å². The Morgan fingerprint density at radius 1 is 0.574 bits per heavy atom. The van der Waals surface area contributed by atoms with E-state index in [1.807, 2.05) is 0 Å². The van der Waals surface area contributed by atoms with Gasteiger partial charge in [0.25, 0.3) is 0 Å². The Morgan fingerprint density at radius 3 is 1.60 bits per heavy atom. The third-order valence-corrected chi connectivity index (χ3v) is 9.72. The molecule has 1 aliphatic heterocycles. The van der Waals surface area contributed by atoms with Crippen LogP contribution in [0.1, 0.15) is 51.8 Å². The van der Waals surface area contributed by atoms with Crippen LogP contribution in [-0.4, -0.2) is 149 Å². The highest BCUT2D eigenvalue weighted by atomic mass is 16.6. The molecule has 0 spiro atoms. The molecule has 27 nitrogen and oxygen atoms in total. The summed E-state index contributed by atoms with van der Waals surface area (Å²) < 4.78 is 26.2. The summed E-state index contributed by atoms with van der Waals surface area (Å²) in [6.45, 7) is -1.45. The number of carboxylic acids is 1. The Labute approximate surface area is 374 Å². The number of aliphatic hydroxyl groups excluding tert-OH is 1. The lowest BCUT2D eigenvalue weighted by molar-refractivity contribution is -0.142. The molecule has 0 bridgehead atoms. The van der Waals surface area contributed by atoms with E-state index < -0.39 is 198 Å². The number of ether oxygens (including phenoxy) is 5. The fraction of sp³-hybridized carbons (Fsp3) is 0.122. The molecule has 1 heterocycles. The van der Waals surface area contributed by atoms with Crippen LogP contribution in [-0.2, 0) is 23.7 Å². The largest absolute Gasteiger partial charge is 0.504 e. The monoisotopic (exact) mass is 954 g/mol. The number of aliphatic hydroxyl groups is 1. The van der Waals surface area contributed by atoms with Gasteiger partial charge in [0.05, 0.1) is 22.3 Å².